The molecule has 1 atom stereocenters. The van der Waals surface area contributed by atoms with Gasteiger partial charge in [0.15, 0.2) is 0 Å². The fraction of sp³-hybridized carbons (Fsp3) is 0.917. The zero-order valence-electron chi connectivity index (χ0n) is 10.2. The molecule has 0 aromatic carbocycles. The molecule has 2 heterocycles. The Bertz CT molecular complexity index is 249. The molecule has 16 heavy (non-hydrogen) atoms. The van der Waals surface area contributed by atoms with Crippen LogP contribution in [0.15, 0.2) is 0 Å². The lowest BCUT2D eigenvalue weighted by molar-refractivity contribution is -0.138. The molecule has 2 aliphatic rings. The smallest absolute Gasteiger partial charge is 0.225 e. The molecule has 0 spiro atoms. The molecule has 0 radical (unpaired) electrons. The number of nitrogens with two attached hydrogens (primary N) is 1. The van der Waals surface area contributed by atoms with E-state index >= 15 is 0 Å². The Morgan fingerprint density at radius 2 is 1.88 bits per heavy atom. The van der Waals surface area contributed by atoms with Gasteiger partial charge in [-0.1, -0.05) is 0 Å². The van der Waals surface area contributed by atoms with Crippen molar-refractivity contribution >= 4 is 5.91 Å². The molecular formula is C12H23N3O. The first kappa shape index (κ1) is 11.9. The van der Waals surface area contributed by atoms with E-state index < -0.39 is 0 Å². The number of rotatable bonds is 1. The summed E-state index contributed by atoms with van der Waals surface area (Å²) in [6.07, 6.45) is 4.17. The van der Waals surface area contributed by atoms with Crippen molar-refractivity contribution in [3.8, 4) is 0 Å². The Labute approximate surface area is 97.8 Å². The van der Waals surface area contributed by atoms with Gasteiger partial charge in [-0.3, -0.25) is 4.79 Å². The zero-order valence-corrected chi connectivity index (χ0v) is 10.2. The molecule has 0 unspecified atom stereocenters. The van der Waals surface area contributed by atoms with Gasteiger partial charge < -0.3 is 15.5 Å². The van der Waals surface area contributed by atoms with Crippen LogP contribution in [0.25, 0.3) is 0 Å². The molecule has 0 aromatic rings. The summed E-state index contributed by atoms with van der Waals surface area (Å²) in [5, 5.41) is 0. The van der Waals surface area contributed by atoms with Crippen LogP contribution in [0.2, 0.25) is 0 Å². The van der Waals surface area contributed by atoms with Crippen LogP contribution in [-0.2, 0) is 4.79 Å². The summed E-state index contributed by atoms with van der Waals surface area (Å²) >= 11 is 0. The van der Waals surface area contributed by atoms with Gasteiger partial charge in [0, 0.05) is 25.0 Å². The highest BCUT2D eigenvalue weighted by molar-refractivity contribution is 5.79. The maximum absolute atomic E-state index is 12.3. The number of hydrogen-bond donors (Lipinski definition) is 1. The Hall–Kier alpha value is -0.610. The van der Waals surface area contributed by atoms with E-state index in [1.807, 2.05) is 4.90 Å². The van der Waals surface area contributed by atoms with Gasteiger partial charge in [0.25, 0.3) is 0 Å². The van der Waals surface area contributed by atoms with Gasteiger partial charge >= 0.3 is 0 Å². The predicted molar refractivity (Wildman–Crippen MR) is 64.0 cm³/mol. The number of amides is 1. The van der Waals surface area contributed by atoms with Crippen molar-refractivity contribution in [2.45, 2.75) is 31.7 Å². The minimum absolute atomic E-state index is 0.198. The van der Waals surface area contributed by atoms with Crippen molar-refractivity contribution in [1.82, 2.24) is 9.80 Å². The van der Waals surface area contributed by atoms with Gasteiger partial charge in [-0.2, -0.15) is 0 Å². The average molecular weight is 225 g/mol. The molecule has 2 rings (SSSR count). The third kappa shape index (κ3) is 2.74. The summed E-state index contributed by atoms with van der Waals surface area (Å²) in [6.45, 7) is 3.79. The number of likely N-dealkylation sites (tertiary alicyclic amines) is 2. The number of carbonyl (C=O) groups excluding carboxylic acids is 1. The monoisotopic (exact) mass is 225 g/mol. The van der Waals surface area contributed by atoms with E-state index in [1.54, 1.807) is 0 Å². The molecule has 4 heteroatoms. The second-order valence-electron chi connectivity index (χ2n) is 5.26. The third-order valence-corrected chi connectivity index (χ3v) is 3.84. The van der Waals surface area contributed by atoms with E-state index in [4.69, 9.17) is 5.73 Å². The van der Waals surface area contributed by atoms with Gasteiger partial charge in [-0.05, 0) is 45.8 Å². The summed E-state index contributed by atoms with van der Waals surface area (Å²) in [4.78, 5) is 16.5. The SMILES string of the molecule is CN1CCC(C(=O)N2CCC[C@@H](N)C2)CC1. The zero-order chi connectivity index (χ0) is 11.5. The topological polar surface area (TPSA) is 49.6 Å². The quantitative estimate of drug-likeness (QED) is 0.697. The highest BCUT2D eigenvalue weighted by Crippen LogP contribution is 2.20. The van der Waals surface area contributed by atoms with E-state index in [1.165, 1.54) is 0 Å². The summed E-state index contributed by atoms with van der Waals surface area (Å²) < 4.78 is 0. The van der Waals surface area contributed by atoms with E-state index in [9.17, 15) is 4.79 Å². The number of piperidine rings is 2. The van der Waals surface area contributed by atoms with Crippen LogP contribution in [0.4, 0.5) is 0 Å². The molecule has 0 aliphatic carbocycles. The van der Waals surface area contributed by atoms with Crippen molar-refractivity contribution in [1.29, 1.82) is 0 Å². The maximum atomic E-state index is 12.3. The van der Waals surface area contributed by atoms with E-state index in [0.29, 0.717) is 5.91 Å². The van der Waals surface area contributed by atoms with Crippen LogP contribution in [-0.4, -0.2) is 55.0 Å². The number of hydrogen-bond acceptors (Lipinski definition) is 3. The highest BCUT2D eigenvalue weighted by atomic mass is 16.2. The van der Waals surface area contributed by atoms with E-state index in [2.05, 4.69) is 11.9 Å². The molecule has 2 fully saturated rings. The molecule has 4 nitrogen and oxygen atoms in total. The first-order valence-corrected chi connectivity index (χ1v) is 6.39. The summed E-state index contributed by atoms with van der Waals surface area (Å²) in [6, 6.07) is 0.198. The van der Waals surface area contributed by atoms with Gasteiger partial charge in [0.2, 0.25) is 5.91 Å². The van der Waals surface area contributed by atoms with E-state index in [-0.39, 0.29) is 12.0 Å². The van der Waals surface area contributed by atoms with Crippen LogP contribution in [0.3, 0.4) is 0 Å². The molecule has 2 aliphatic heterocycles. The normalized spacial score (nSPS) is 29.4. The average Bonchev–Trinajstić information content (AvgIpc) is 2.29. The molecule has 0 bridgehead atoms. The van der Waals surface area contributed by atoms with Crippen molar-refractivity contribution in [2.75, 3.05) is 33.2 Å². The van der Waals surface area contributed by atoms with Crippen molar-refractivity contribution in [3.05, 3.63) is 0 Å². The van der Waals surface area contributed by atoms with Crippen LogP contribution in [0.5, 0.6) is 0 Å². The minimum atomic E-state index is 0.198. The molecule has 0 saturated carbocycles. The Morgan fingerprint density at radius 3 is 2.50 bits per heavy atom. The summed E-state index contributed by atoms with van der Waals surface area (Å²) in [7, 11) is 2.12. The lowest BCUT2D eigenvalue weighted by Gasteiger charge is -2.36. The second-order valence-corrected chi connectivity index (χ2v) is 5.26. The van der Waals surface area contributed by atoms with Gasteiger partial charge in [-0.15, -0.1) is 0 Å². The minimum Gasteiger partial charge on any atom is -0.341 e. The van der Waals surface area contributed by atoms with E-state index in [0.717, 1.165) is 51.9 Å². The van der Waals surface area contributed by atoms with Crippen LogP contribution >= 0.6 is 0 Å². The number of nitrogens with zero attached hydrogens (tertiary/aromatic N) is 2. The van der Waals surface area contributed by atoms with Crippen molar-refractivity contribution in [3.63, 3.8) is 0 Å². The second kappa shape index (κ2) is 5.15. The van der Waals surface area contributed by atoms with Crippen LogP contribution < -0.4 is 5.73 Å². The molecule has 2 saturated heterocycles. The molecule has 92 valence electrons. The summed E-state index contributed by atoms with van der Waals surface area (Å²) in [5.41, 5.74) is 5.91. The van der Waals surface area contributed by atoms with Crippen LogP contribution in [0.1, 0.15) is 25.7 Å². The van der Waals surface area contributed by atoms with Gasteiger partial charge in [0.1, 0.15) is 0 Å². The lowest BCUT2D eigenvalue weighted by Crippen LogP contribution is -2.49. The standard InChI is InChI=1S/C12H23N3O/c1-14-7-4-10(5-8-14)12(16)15-6-2-3-11(13)9-15/h10-11H,2-9,13H2,1H3/t11-/m1/s1. The molecule has 2 N–H and O–H groups in total. The molecule has 1 amide bonds. The van der Waals surface area contributed by atoms with Crippen molar-refractivity contribution in [2.24, 2.45) is 11.7 Å². The highest BCUT2D eigenvalue weighted by Gasteiger charge is 2.29. The number of carbonyl (C=O) groups is 1. The molecule has 0 aromatic heterocycles. The van der Waals surface area contributed by atoms with Crippen molar-refractivity contribution < 1.29 is 4.79 Å². The third-order valence-electron chi connectivity index (χ3n) is 3.84. The summed E-state index contributed by atoms with van der Waals surface area (Å²) in [5.74, 6) is 0.602. The molecular weight excluding hydrogens is 202 g/mol. The first-order valence-electron chi connectivity index (χ1n) is 6.39. The Balaban J connectivity index is 1.86. The lowest BCUT2D eigenvalue weighted by atomic mass is 9.94. The maximum Gasteiger partial charge on any atom is 0.225 e. The predicted octanol–water partition coefficient (Wildman–Crippen LogP) is 0.278. The fourth-order valence-corrected chi connectivity index (χ4v) is 2.72. The van der Waals surface area contributed by atoms with Gasteiger partial charge in [0.05, 0.1) is 0 Å². The Kier molecular flexibility index (Phi) is 3.82. The van der Waals surface area contributed by atoms with Crippen LogP contribution in [0, 0.1) is 5.92 Å². The fourth-order valence-electron chi connectivity index (χ4n) is 2.72. The largest absolute Gasteiger partial charge is 0.341 e. The Morgan fingerprint density at radius 1 is 1.19 bits per heavy atom. The first-order chi connectivity index (χ1) is 7.66. The van der Waals surface area contributed by atoms with Gasteiger partial charge in [-0.25, -0.2) is 0 Å².